The van der Waals surface area contributed by atoms with Crippen LogP contribution in [0.2, 0.25) is 0 Å². The molecule has 1 aromatic carbocycles. The number of aliphatic hydroxyl groups is 2. The zero-order chi connectivity index (χ0) is 14.7. The van der Waals surface area contributed by atoms with Crippen LogP contribution in [0.5, 0.6) is 0 Å². The first kappa shape index (κ1) is 15.0. The molecule has 1 fully saturated rings. The minimum Gasteiger partial charge on any atom is -0.388 e. The van der Waals surface area contributed by atoms with Gasteiger partial charge in [-0.2, -0.15) is 0 Å². The van der Waals surface area contributed by atoms with Crippen LogP contribution in [0.25, 0.3) is 0 Å². The lowest BCUT2D eigenvalue weighted by Gasteiger charge is -2.15. The molecule has 2 unspecified atom stereocenters. The summed E-state index contributed by atoms with van der Waals surface area (Å²) >= 11 is 0. The van der Waals surface area contributed by atoms with Crippen LogP contribution in [-0.2, 0) is 11.3 Å². The first-order valence-corrected chi connectivity index (χ1v) is 6.83. The lowest BCUT2D eigenvalue weighted by molar-refractivity contribution is 0.0572. The summed E-state index contributed by atoms with van der Waals surface area (Å²) in [5.74, 6) is -0.170. The van der Waals surface area contributed by atoms with Gasteiger partial charge in [0, 0.05) is 18.7 Å². The van der Waals surface area contributed by atoms with Crippen LogP contribution >= 0.6 is 0 Å². The number of hydrogen-bond acceptors (Lipinski definition) is 4. The number of amides is 1. The predicted octanol–water partition coefficient (Wildman–Crippen LogP) is 0.789. The van der Waals surface area contributed by atoms with E-state index < -0.39 is 12.2 Å². The lowest BCUT2D eigenvalue weighted by atomic mass is 10.1. The van der Waals surface area contributed by atoms with E-state index in [4.69, 9.17) is 4.74 Å². The van der Waals surface area contributed by atoms with Crippen LogP contribution in [0.1, 0.15) is 29.8 Å². The van der Waals surface area contributed by atoms with E-state index in [1.54, 1.807) is 12.1 Å². The summed E-state index contributed by atoms with van der Waals surface area (Å²) in [4.78, 5) is 13.7. The number of carbonyl (C=O) groups excluding carboxylic acids is 1. The Morgan fingerprint density at radius 3 is 2.30 bits per heavy atom. The molecule has 0 aromatic heterocycles. The van der Waals surface area contributed by atoms with Crippen molar-refractivity contribution in [1.29, 1.82) is 0 Å². The van der Waals surface area contributed by atoms with Crippen molar-refractivity contribution >= 4 is 5.91 Å². The van der Waals surface area contributed by atoms with Crippen LogP contribution in [0.15, 0.2) is 24.3 Å². The minimum atomic E-state index is -0.849. The molecule has 1 aliphatic heterocycles. The Labute approximate surface area is 118 Å². The van der Waals surface area contributed by atoms with E-state index in [1.165, 1.54) is 4.90 Å². The number of carbonyl (C=O) groups is 1. The molecule has 5 nitrogen and oxygen atoms in total. The molecular weight excluding hydrogens is 258 g/mol. The predicted molar refractivity (Wildman–Crippen MR) is 74.3 cm³/mol. The third kappa shape index (κ3) is 3.56. The van der Waals surface area contributed by atoms with E-state index in [-0.39, 0.29) is 25.1 Å². The number of hydrogen-bond donors (Lipinski definition) is 2. The van der Waals surface area contributed by atoms with Gasteiger partial charge in [-0.3, -0.25) is 4.79 Å². The molecule has 5 heteroatoms. The SMILES string of the molecule is CC(C)OCc1ccc(C(=O)N2CC(O)C(O)C2)cc1. The summed E-state index contributed by atoms with van der Waals surface area (Å²) < 4.78 is 5.49. The molecule has 20 heavy (non-hydrogen) atoms. The highest BCUT2D eigenvalue weighted by atomic mass is 16.5. The number of likely N-dealkylation sites (tertiary alicyclic amines) is 1. The zero-order valence-corrected chi connectivity index (χ0v) is 11.8. The molecule has 2 atom stereocenters. The maximum atomic E-state index is 12.2. The van der Waals surface area contributed by atoms with Crippen LogP contribution in [0, 0.1) is 0 Å². The standard InChI is InChI=1S/C15H21NO4/c1-10(2)20-9-11-3-5-12(6-4-11)15(19)16-7-13(17)14(18)8-16/h3-6,10,13-14,17-18H,7-9H2,1-2H3. The molecule has 1 aliphatic rings. The smallest absolute Gasteiger partial charge is 0.254 e. The summed E-state index contributed by atoms with van der Waals surface area (Å²) in [5, 5.41) is 18.9. The molecule has 0 aliphatic carbocycles. The van der Waals surface area contributed by atoms with E-state index in [0.717, 1.165) is 5.56 Å². The normalized spacial score (nSPS) is 22.6. The van der Waals surface area contributed by atoms with Crippen molar-refractivity contribution in [2.45, 2.75) is 38.8 Å². The second-order valence-electron chi connectivity index (χ2n) is 5.40. The average Bonchev–Trinajstić information content (AvgIpc) is 2.76. The molecule has 1 amide bonds. The van der Waals surface area contributed by atoms with E-state index >= 15 is 0 Å². The number of nitrogens with zero attached hydrogens (tertiary/aromatic N) is 1. The topological polar surface area (TPSA) is 70.0 Å². The molecule has 0 radical (unpaired) electrons. The maximum absolute atomic E-state index is 12.2. The van der Waals surface area contributed by atoms with Gasteiger partial charge in [-0.1, -0.05) is 12.1 Å². The average molecular weight is 279 g/mol. The first-order chi connectivity index (χ1) is 9.47. The molecule has 0 bridgehead atoms. The molecule has 1 saturated heterocycles. The second kappa shape index (κ2) is 6.35. The molecule has 1 heterocycles. The molecule has 2 rings (SSSR count). The number of β-amino-alcohol motifs (C(OH)–C–C–N with tert-alkyl or cyclic N) is 2. The van der Waals surface area contributed by atoms with Crippen molar-refractivity contribution in [3.8, 4) is 0 Å². The highest BCUT2D eigenvalue weighted by molar-refractivity contribution is 5.94. The highest BCUT2D eigenvalue weighted by Gasteiger charge is 2.32. The Kier molecular flexibility index (Phi) is 4.75. The van der Waals surface area contributed by atoms with Crippen molar-refractivity contribution in [1.82, 2.24) is 4.90 Å². The fourth-order valence-corrected chi connectivity index (χ4v) is 2.12. The zero-order valence-electron chi connectivity index (χ0n) is 11.8. The summed E-state index contributed by atoms with van der Waals surface area (Å²) in [6, 6.07) is 7.22. The fourth-order valence-electron chi connectivity index (χ4n) is 2.12. The maximum Gasteiger partial charge on any atom is 0.254 e. The molecule has 0 spiro atoms. The van der Waals surface area contributed by atoms with Gasteiger partial charge in [-0.05, 0) is 31.5 Å². The molecule has 110 valence electrons. The van der Waals surface area contributed by atoms with Crippen LogP contribution in [0.4, 0.5) is 0 Å². The van der Waals surface area contributed by atoms with Gasteiger partial charge in [0.15, 0.2) is 0 Å². The molecule has 1 aromatic rings. The van der Waals surface area contributed by atoms with Crippen molar-refractivity contribution in [3.63, 3.8) is 0 Å². The Balaban J connectivity index is 1.97. The quantitative estimate of drug-likeness (QED) is 0.855. The van der Waals surface area contributed by atoms with Crippen LogP contribution in [-0.4, -0.2) is 52.4 Å². The number of aliphatic hydroxyl groups excluding tert-OH is 2. The lowest BCUT2D eigenvalue weighted by Crippen LogP contribution is -2.29. The van der Waals surface area contributed by atoms with Gasteiger partial charge in [0.05, 0.1) is 24.9 Å². The van der Waals surface area contributed by atoms with Gasteiger partial charge in [0.2, 0.25) is 0 Å². The van der Waals surface area contributed by atoms with Crippen molar-refractivity contribution < 1.29 is 19.7 Å². The van der Waals surface area contributed by atoms with Gasteiger partial charge in [0.1, 0.15) is 0 Å². The summed E-state index contributed by atoms with van der Waals surface area (Å²) in [5.41, 5.74) is 1.57. The Morgan fingerprint density at radius 1 is 1.25 bits per heavy atom. The Hall–Kier alpha value is -1.43. The minimum absolute atomic E-state index is 0.170. The first-order valence-electron chi connectivity index (χ1n) is 6.83. The number of benzene rings is 1. The Bertz CT molecular complexity index is 447. The molecule has 0 saturated carbocycles. The third-order valence-electron chi connectivity index (χ3n) is 3.33. The fraction of sp³-hybridized carbons (Fsp3) is 0.533. The van der Waals surface area contributed by atoms with Crippen LogP contribution < -0.4 is 0 Å². The van der Waals surface area contributed by atoms with E-state index in [1.807, 2.05) is 26.0 Å². The summed E-state index contributed by atoms with van der Waals surface area (Å²) in [7, 11) is 0. The van der Waals surface area contributed by atoms with Gasteiger partial charge >= 0.3 is 0 Å². The second-order valence-corrected chi connectivity index (χ2v) is 5.40. The van der Waals surface area contributed by atoms with E-state index in [9.17, 15) is 15.0 Å². The largest absolute Gasteiger partial charge is 0.388 e. The van der Waals surface area contributed by atoms with Crippen molar-refractivity contribution in [2.75, 3.05) is 13.1 Å². The summed E-state index contributed by atoms with van der Waals surface area (Å²) in [6.45, 7) is 4.83. The van der Waals surface area contributed by atoms with E-state index in [0.29, 0.717) is 12.2 Å². The molecular formula is C15H21NO4. The number of rotatable bonds is 4. The monoisotopic (exact) mass is 279 g/mol. The van der Waals surface area contributed by atoms with Gasteiger partial charge < -0.3 is 19.8 Å². The van der Waals surface area contributed by atoms with Gasteiger partial charge in [-0.25, -0.2) is 0 Å². The Morgan fingerprint density at radius 2 is 1.80 bits per heavy atom. The third-order valence-corrected chi connectivity index (χ3v) is 3.33. The van der Waals surface area contributed by atoms with E-state index in [2.05, 4.69) is 0 Å². The van der Waals surface area contributed by atoms with Crippen molar-refractivity contribution in [3.05, 3.63) is 35.4 Å². The number of ether oxygens (including phenoxy) is 1. The molecule has 2 N–H and O–H groups in total. The summed E-state index contributed by atoms with van der Waals surface area (Å²) in [6.07, 6.45) is -1.53. The van der Waals surface area contributed by atoms with Gasteiger partial charge in [0.25, 0.3) is 5.91 Å². The van der Waals surface area contributed by atoms with Crippen LogP contribution in [0.3, 0.4) is 0 Å². The highest BCUT2D eigenvalue weighted by Crippen LogP contribution is 2.15. The van der Waals surface area contributed by atoms with Gasteiger partial charge in [-0.15, -0.1) is 0 Å². The van der Waals surface area contributed by atoms with Crippen molar-refractivity contribution in [2.24, 2.45) is 0 Å².